The van der Waals surface area contributed by atoms with Crippen molar-refractivity contribution in [2.75, 3.05) is 12.4 Å². The molecule has 0 aliphatic heterocycles. The van der Waals surface area contributed by atoms with Crippen molar-refractivity contribution in [2.24, 2.45) is 5.92 Å². The summed E-state index contributed by atoms with van der Waals surface area (Å²) in [6.45, 7) is 2.26. The molecule has 1 aromatic rings. The first-order valence-corrected chi connectivity index (χ1v) is 5.64. The van der Waals surface area contributed by atoms with Crippen molar-refractivity contribution in [1.82, 2.24) is 0 Å². The Hall–Kier alpha value is -1.51. The lowest BCUT2D eigenvalue weighted by Crippen LogP contribution is -2.33. The van der Waals surface area contributed by atoms with E-state index in [9.17, 15) is 4.79 Å². The SMILES string of the molecule is COC(=O)c1ccc(NC2CC(C)C2)cc1. The molecular weight excluding hydrogens is 202 g/mol. The van der Waals surface area contributed by atoms with E-state index >= 15 is 0 Å². The molecular formula is C13H17NO2. The first-order valence-electron chi connectivity index (χ1n) is 5.64. The van der Waals surface area contributed by atoms with Gasteiger partial charge in [0, 0.05) is 11.7 Å². The average Bonchev–Trinajstić information content (AvgIpc) is 2.27. The summed E-state index contributed by atoms with van der Waals surface area (Å²) < 4.78 is 4.64. The first-order chi connectivity index (χ1) is 7.69. The number of esters is 1. The summed E-state index contributed by atoms with van der Waals surface area (Å²) in [5.41, 5.74) is 1.67. The fourth-order valence-electron chi connectivity index (χ4n) is 2.08. The number of carbonyl (C=O) groups excluding carboxylic acids is 1. The summed E-state index contributed by atoms with van der Waals surface area (Å²) in [5, 5.41) is 3.44. The average molecular weight is 219 g/mol. The number of hydrogen-bond donors (Lipinski definition) is 1. The van der Waals surface area contributed by atoms with Gasteiger partial charge in [-0.15, -0.1) is 0 Å². The van der Waals surface area contributed by atoms with Gasteiger partial charge in [0.2, 0.25) is 0 Å². The van der Waals surface area contributed by atoms with E-state index < -0.39 is 0 Å². The van der Waals surface area contributed by atoms with Crippen LogP contribution in [0, 0.1) is 5.92 Å². The molecule has 1 aliphatic rings. The van der Waals surface area contributed by atoms with Crippen LogP contribution in [-0.4, -0.2) is 19.1 Å². The van der Waals surface area contributed by atoms with E-state index in [1.54, 1.807) is 12.1 Å². The molecule has 1 saturated carbocycles. The first kappa shape index (κ1) is 11.0. The standard InChI is InChI=1S/C13H17NO2/c1-9-7-12(8-9)14-11-5-3-10(4-6-11)13(15)16-2/h3-6,9,12,14H,7-8H2,1-2H3. The number of rotatable bonds is 3. The number of methoxy groups -OCH3 is 1. The lowest BCUT2D eigenvalue weighted by atomic mass is 9.82. The van der Waals surface area contributed by atoms with Crippen molar-refractivity contribution in [3.63, 3.8) is 0 Å². The van der Waals surface area contributed by atoms with Crippen molar-refractivity contribution >= 4 is 11.7 Å². The van der Waals surface area contributed by atoms with Crippen molar-refractivity contribution in [3.05, 3.63) is 29.8 Å². The van der Waals surface area contributed by atoms with E-state index in [1.165, 1.54) is 20.0 Å². The summed E-state index contributed by atoms with van der Waals surface area (Å²) in [6, 6.07) is 8.02. The van der Waals surface area contributed by atoms with Crippen molar-refractivity contribution in [2.45, 2.75) is 25.8 Å². The van der Waals surface area contributed by atoms with Gasteiger partial charge in [0.15, 0.2) is 0 Å². The van der Waals surface area contributed by atoms with E-state index in [1.807, 2.05) is 12.1 Å². The van der Waals surface area contributed by atoms with Gasteiger partial charge in [-0.3, -0.25) is 0 Å². The lowest BCUT2D eigenvalue weighted by molar-refractivity contribution is 0.0601. The van der Waals surface area contributed by atoms with Crippen molar-refractivity contribution in [3.8, 4) is 0 Å². The smallest absolute Gasteiger partial charge is 0.337 e. The molecule has 0 unspecified atom stereocenters. The summed E-state index contributed by atoms with van der Waals surface area (Å²) in [5.74, 6) is 0.552. The highest BCUT2D eigenvalue weighted by Crippen LogP contribution is 2.29. The second-order valence-electron chi connectivity index (χ2n) is 4.49. The van der Waals surface area contributed by atoms with Gasteiger partial charge in [-0.05, 0) is 43.0 Å². The van der Waals surface area contributed by atoms with Crippen LogP contribution in [0.4, 0.5) is 5.69 Å². The summed E-state index contributed by atoms with van der Waals surface area (Å²) in [4.78, 5) is 11.2. The molecule has 86 valence electrons. The van der Waals surface area contributed by atoms with Gasteiger partial charge in [-0.2, -0.15) is 0 Å². The van der Waals surface area contributed by atoms with Gasteiger partial charge in [-0.25, -0.2) is 4.79 Å². The van der Waals surface area contributed by atoms with Crippen LogP contribution in [0.15, 0.2) is 24.3 Å². The molecule has 0 amide bonds. The Kier molecular flexibility index (Phi) is 3.13. The number of hydrogen-bond acceptors (Lipinski definition) is 3. The zero-order valence-electron chi connectivity index (χ0n) is 9.69. The van der Waals surface area contributed by atoms with E-state index in [2.05, 4.69) is 17.0 Å². The largest absolute Gasteiger partial charge is 0.465 e. The van der Waals surface area contributed by atoms with Gasteiger partial charge in [0.05, 0.1) is 12.7 Å². The highest BCUT2D eigenvalue weighted by Gasteiger charge is 2.24. The minimum Gasteiger partial charge on any atom is -0.465 e. The third-order valence-electron chi connectivity index (χ3n) is 3.05. The summed E-state index contributed by atoms with van der Waals surface area (Å²) in [6.07, 6.45) is 2.47. The van der Waals surface area contributed by atoms with E-state index in [0.717, 1.165) is 11.6 Å². The predicted octanol–water partition coefficient (Wildman–Crippen LogP) is 2.68. The fourth-order valence-corrected chi connectivity index (χ4v) is 2.08. The Morgan fingerprint density at radius 2 is 1.94 bits per heavy atom. The van der Waals surface area contributed by atoms with Crippen LogP contribution in [0.5, 0.6) is 0 Å². The Morgan fingerprint density at radius 1 is 1.31 bits per heavy atom. The van der Waals surface area contributed by atoms with Crippen LogP contribution in [0.2, 0.25) is 0 Å². The van der Waals surface area contributed by atoms with Crippen molar-refractivity contribution < 1.29 is 9.53 Å². The Labute approximate surface area is 95.8 Å². The molecule has 3 heteroatoms. The van der Waals surface area contributed by atoms with Crippen LogP contribution in [0.25, 0.3) is 0 Å². The van der Waals surface area contributed by atoms with Gasteiger partial charge in [0.25, 0.3) is 0 Å². The lowest BCUT2D eigenvalue weighted by Gasteiger charge is -2.34. The van der Waals surface area contributed by atoms with E-state index in [-0.39, 0.29) is 5.97 Å². The second kappa shape index (κ2) is 4.56. The molecule has 3 nitrogen and oxygen atoms in total. The topological polar surface area (TPSA) is 38.3 Å². The molecule has 0 spiro atoms. The number of benzene rings is 1. The van der Waals surface area contributed by atoms with E-state index in [4.69, 9.17) is 0 Å². The molecule has 16 heavy (non-hydrogen) atoms. The quantitative estimate of drug-likeness (QED) is 0.794. The zero-order chi connectivity index (χ0) is 11.5. The Bertz CT molecular complexity index is 366. The maximum atomic E-state index is 11.2. The highest BCUT2D eigenvalue weighted by molar-refractivity contribution is 5.89. The van der Waals surface area contributed by atoms with Crippen LogP contribution in [0.3, 0.4) is 0 Å². The van der Waals surface area contributed by atoms with Gasteiger partial charge in [0.1, 0.15) is 0 Å². The second-order valence-corrected chi connectivity index (χ2v) is 4.49. The maximum absolute atomic E-state index is 11.2. The highest BCUT2D eigenvalue weighted by atomic mass is 16.5. The number of ether oxygens (including phenoxy) is 1. The molecule has 1 fully saturated rings. The molecule has 0 saturated heterocycles. The van der Waals surface area contributed by atoms with Crippen LogP contribution < -0.4 is 5.32 Å². The van der Waals surface area contributed by atoms with Crippen LogP contribution in [-0.2, 0) is 4.74 Å². The molecule has 0 aromatic heterocycles. The fraction of sp³-hybridized carbons (Fsp3) is 0.462. The molecule has 2 rings (SSSR count). The molecule has 0 atom stereocenters. The Balaban J connectivity index is 1.94. The zero-order valence-corrected chi connectivity index (χ0v) is 9.69. The van der Waals surface area contributed by atoms with Gasteiger partial charge >= 0.3 is 5.97 Å². The third kappa shape index (κ3) is 2.35. The molecule has 0 bridgehead atoms. The van der Waals surface area contributed by atoms with Gasteiger partial charge < -0.3 is 10.1 Å². The predicted molar refractivity (Wildman–Crippen MR) is 63.6 cm³/mol. The molecule has 1 N–H and O–H groups in total. The minimum absolute atomic E-state index is 0.288. The third-order valence-corrected chi connectivity index (χ3v) is 3.05. The normalized spacial score (nSPS) is 23.4. The molecule has 1 aromatic carbocycles. The number of nitrogens with one attached hydrogen (secondary N) is 1. The maximum Gasteiger partial charge on any atom is 0.337 e. The number of anilines is 1. The monoisotopic (exact) mass is 219 g/mol. The molecule has 1 aliphatic carbocycles. The summed E-state index contributed by atoms with van der Waals surface area (Å²) in [7, 11) is 1.39. The van der Waals surface area contributed by atoms with Gasteiger partial charge in [-0.1, -0.05) is 6.92 Å². The Morgan fingerprint density at radius 3 is 2.44 bits per heavy atom. The van der Waals surface area contributed by atoms with Crippen LogP contribution >= 0.6 is 0 Å². The van der Waals surface area contributed by atoms with E-state index in [0.29, 0.717) is 11.6 Å². The minimum atomic E-state index is -0.288. The molecule has 0 radical (unpaired) electrons. The van der Waals surface area contributed by atoms with Crippen molar-refractivity contribution in [1.29, 1.82) is 0 Å². The summed E-state index contributed by atoms with van der Waals surface area (Å²) >= 11 is 0. The molecule has 0 heterocycles. The number of carbonyl (C=O) groups is 1. The van der Waals surface area contributed by atoms with Crippen LogP contribution in [0.1, 0.15) is 30.1 Å².